The molecule has 2 aromatic carbocycles. The first kappa shape index (κ1) is 22.9. The number of amides is 1. The van der Waals surface area contributed by atoms with Crippen LogP contribution in [0, 0.1) is 19.7 Å². The number of nitrogens with one attached hydrogen (secondary N) is 2. The van der Waals surface area contributed by atoms with E-state index in [1.54, 1.807) is 30.4 Å². The highest BCUT2D eigenvalue weighted by atomic mass is 32.2. The molecule has 0 aliphatic heterocycles. The molecule has 6 nitrogen and oxygen atoms in total. The predicted octanol–water partition coefficient (Wildman–Crippen LogP) is 4.45. The fourth-order valence-electron chi connectivity index (χ4n) is 2.90. The Balaban J connectivity index is 1.55. The van der Waals surface area contributed by atoms with Gasteiger partial charge < -0.3 is 5.32 Å². The van der Waals surface area contributed by atoms with Gasteiger partial charge in [0.1, 0.15) is 5.82 Å². The Hall–Kier alpha value is -2.78. The van der Waals surface area contributed by atoms with Crippen LogP contribution in [0.3, 0.4) is 0 Å². The summed E-state index contributed by atoms with van der Waals surface area (Å²) in [6.45, 7) is 4.04. The van der Waals surface area contributed by atoms with Gasteiger partial charge in [-0.25, -0.2) is 17.8 Å². The van der Waals surface area contributed by atoms with Crippen molar-refractivity contribution in [2.75, 3.05) is 11.3 Å². The zero-order valence-electron chi connectivity index (χ0n) is 17.3. The smallest absolute Gasteiger partial charge is 0.261 e. The van der Waals surface area contributed by atoms with E-state index < -0.39 is 15.8 Å². The average Bonchev–Trinajstić information content (AvgIpc) is 3.14. The van der Waals surface area contributed by atoms with Gasteiger partial charge in [0.25, 0.3) is 15.9 Å². The Kier molecular flexibility index (Phi) is 7.40. The maximum absolute atomic E-state index is 13.7. The Bertz CT molecular complexity index is 1180. The van der Waals surface area contributed by atoms with Crippen LogP contribution in [-0.4, -0.2) is 25.9 Å². The van der Waals surface area contributed by atoms with E-state index in [0.29, 0.717) is 17.7 Å². The molecule has 0 bridgehead atoms. The molecule has 0 aliphatic carbocycles. The van der Waals surface area contributed by atoms with E-state index in [2.05, 4.69) is 15.0 Å². The third-order valence-electron chi connectivity index (χ3n) is 4.60. The van der Waals surface area contributed by atoms with Gasteiger partial charge >= 0.3 is 0 Å². The largest absolute Gasteiger partial charge is 0.352 e. The number of halogens is 1. The lowest BCUT2D eigenvalue weighted by molar-refractivity contribution is 0.0953. The number of aryl methyl sites for hydroxylation is 3. The highest BCUT2D eigenvalue weighted by molar-refractivity contribution is 7.92. The molecule has 0 unspecified atom stereocenters. The van der Waals surface area contributed by atoms with E-state index in [-0.39, 0.29) is 16.5 Å². The number of unbranched alkanes of at least 4 members (excludes halogenated alkanes) is 1. The van der Waals surface area contributed by atoms with Gasteiger partial charge in [-0.2, -0.15) is 0 Å². The molecule has 0 fully saturated rings. The van der Waals surface area contributed by atoms with Crippen molar-refractivity contribution in [2.24, 2.45) is 0 Å². The Morgan fingerprint density at radius 2 is 1.94 bits per heavy atom. The molecule has 2 N–H and O–H groups in total. The van der Waals surface area contributed by atoms with E-state index in [0.717, 1.165) is 36.0 Å². The van der Waals surface area contributed by atoms with Crippen LogP contribution in [0.15, 0.2) is 52.7 Å². The van der Waals surface area contributed by atoms with E-state index >= 15 is 0 Å². The van der Waals surface area contributed by atoms with Crippen LogP contribution in [0.1, 0.15) is 39.5 Å². The summed E-state index contributed by atoms with van der Waals surface area (Å²) in [7, 11) is -3.97. The van der Waals surface area contributed by atoms with Gasteiger partial charge in [-0.05, 0) is 69.0 Å². The minimum Gasteiger partial charge on any atom is -0.352 e. The fraction of sp³-hybridized carbons (Fsp3) is 0.273. The molecule has 0 atom stereocenters. The summed E-state index contributed by atoms with van der Waals surface area (Å²) in [6.07, 6.45) is 2.61. The molecular formula is C22H24FN3O3S2. The molecule has 1 amide bonds. The highest BCUT2D eigenvalue weighted by Gasteiger charge is 2.16. The summed E-state index contributed by atoms with van der Waals surface area (Å²) in [5.74, 6) is -0.881. The summed E-state index contributed by atoms with van der Waals surface area (Å²) in [5.41, 5.74) is 1.95. The van der Waals surface area contributed by atoms with Crippen LogP contribution in [0.25, 0.3) is 0 Å². The SMILES string of the molecule is Cc1csc(CCCCNC(=O)c2cccc(NS(=O)(=O)c3ccc(C)c(F)c3)c2)n1. The van der Waals surface area contributed by atoms with Crippen molar-refractivity contribution in [3.8, 4) is 0 Å². The average molecular weight is 462 g/mol. The standard InChI is InChI=1S/C22H24FN3O3S2/c1-15-9-10-19(13-20(15)23)31(28,29)26-18-7-5-6-17(12-18)22(27)24-11-4-3-8-21-25-16(2)14-30-21/h5-7,9-10,12-14,26H,3-4,8,11H2,1-2H3,(H,24,27). The molecule has 3 aromatic rings. The predicted molar refractivity (Wildman–Crippen MR) is 121 cm³/mol. The highest BCUT2D eigenvalue weighted by Crippen LogP contribution is 2.19. The van der Waals surface area contributed by atoms with Gasteiger partial charge in [0.2, 0.25) is 0 Å². The van der Waals surface area contributed by atoms with Crippen LogP contribution >= 0.6 is 11.3 Å². The molecule has 9 heteroatoms. The molecule has 3 rings (SSSR count). The van der Waals surface area contributed by atoms with Gasteiger partial charge in [-0.15, -0.1) is 11.3 Å². The second-order valence-electron chi connectivity index (χ2n) is 7.19. The maximum atomic E-state index is 13.7. The number of benzene rings is 2. The summed E-state index contributed by atoms with van der Waals surface area (Å²) >= 11 is 1.64. The van der Waals surface area contributed by atoms with Gasteiger partial charge in [0.15, 0.2) is 0 Å². The maximum Gasteiger partial charge on any atom is 0.261 e. The minimum atomic E-state index is -3.97. The van der Waals surface area contributed by atoms with Crippen molar-refractivity contribution in [1.29, 1.82) is 0 Å². The lowest BCUT2D eigenvalue weighted by atomic mass is 10.2. The van der Waals surface area contributed by atoms with Crippen LogP contribution in [-0.2, 0) is 16.4 Å². The lowest BCUT2D eigenvalue weighted by Crippen LogP contribution is -2.24. The summed E-state index contributed by atoms with van der Waals surface area (Å²) in [4.78, 5) is 16.6. The second kappa shape index (κ2) is 10.0. The van der Waals surface area contributed by atoms with Crippen LogP contribution in [0.4, 0.5) is 10.1 Å². The molecule has 0 saturated heterocycles. The zero-order valence-corrected chi connectivity index (χ0v) is 18.9. The Labute approximate surface area is 185 Å². The Morgan fingerprint density at radius 1 is 1.13 bits per heavy atom. The topological polar surface area (TPSA) is 88.2 Å². The second-order valence-corrected chi connectivity index (χ2v) is 9.82. The number of carbonyl (C=O) groups is 1. The molecule has 1 aromatic heterocycles. The first-order chi connectivity index (χ1) is 14.7. The molecule has 31 heavy (non-hydrogen) atoms. The van der Waals surface area contributed by atoms with E-state index in [1.165, 1.54) is 24.3 Å². The van der Waals surface area contributed by atoms with Gasteiger partial charge in [0, 0.05) is 28.9 Å². The monoisotopic (exact) mass is 461 g/mol. The molecule has 0 radical (unpaired) electrons. The first-order valence-corrected chi connectivity index (χ1v) is 12.2. The van der Waals surface area contributed by atoms with Crippen molar-refractivity contribution in [3.63, 3.8) is 0 Å². The number of sulfonamides is 1. The summed E-state index contributed by atoms with van der Waals surface area (Å²) in [5, 5.41) is 5.96. The molecular weight excluding hydrogens is 437 g/mol. The summed E-state index contributed by atoms with van der Waals surface area (Å²) in [6, 6.07) is 9.91. The van der Waals surface area contributed by atoms with E-state index in [1.807, 2.05) is 12.3 Å². The van der Waals surface area contributed by atoms with Gasteiger partial charge in [-0.1, -0.05) is 12.1 Å². The van der Waals surface area contributed by atoms with E-state index in [4.69, 9.17) is 0 Å². The summed E-state index contributed by atoms with van der Waals surface area (Å²) < 4.78 is 41.2. The van der Waals surface area contributed by atoms with Crippen molar-refractivity contribution in [2.45, 2.75) is 38.0 Å². The molecule has 0 spiro atoms. The number of rotatable bonds is 9. The number of carbonyl (C=O) groups excluding carboxylic acids is 1. The quantitative estimate of drug-likeness (QED) is 0.461. The van der Waals surface area contributed by atoms with Gasteiger partial charge in [0.05, 0.1) is 9.90 Å². The van der Waals surface area contributed by atoms with Crippen LogP contribution in [0.5, 0.6) is 0 Å². The number of nitrogens with zero attached hydrogens (tertiary/aromatic N) is 1. The third kappa shape index (κ3) is 6.35. The van der Waals surface area contributed by atoms with Crippen LogP contribution in [0.2, 0.25) is 0 Å². The molecule has 0 saturated carbocycles. The number of aromatic nitrogens is 1. The lowest BCUT2D eigenvalue weighted by Gasteiger charge is -2.10. The Morgan fingerprint density at radius 3 is 2.65 bits per heavy atom. The third-order valence-corrected chi connectivity index (χ3v) is 7.01. The van der Waals surface area contributed by atoms with Crippen molar-refractivity contribution < 1.29 is 17.6 Å². The zero-order chi connectivity index (χ0) is 22.4. The normalized spacial score (nSPS) is 11.3. The molecule has 1 heterocycles. The number of anilines is 1. The van der Waals surface area contributed by atoms with Crippen molar-refractivity contribution in [3.05, 3.63) is 75.5 Å². The number of hydrogen-bond donors (Lipinski definition) is 2. The minimum absolute atomic E-state index is 0.180. The molecule has 0 aliphatic rings. The van der Waals surface area contributed by atoms with Crippen molar-refractivity contribution in [1.82, 2.24) is 10.3 Å². The van der Waals surface area contributed by atoms with Crippen LogP contribution < -0.4 is 10.0 Å². The fourth-order valence-corrected chi connectivity index (χ4v) is 4.78. The molecule has 164 valence electrons. The first-order valence-electron chi connectivity index (χ1n) is 9.83. The van der Waals surface area contributed by atoms with Gasteiger partial charge in [-0.3, -0.25) is 9.52 Å². The number of thiazole rings is 1. The number of hydrogen-bond acceptors (Lipinski definition) is 5. The van der Waals surface area contributed by atoms with E-state index in [9.17, 15) is 17.6 Å². The van der Waals surface area contributed by atoms with Crippen molar-refractivity contribution >= 4 is 33.0 Å².